The minimum absolute atomic E-state index is 0.230. The van der Waals surface area contributed by atoms with Crippen LogP contribution >= 0.6 is 0 Å². The first-order chi connectivity index (χ1) is 6.56. The van der Waals surface area contributed by atoms with Crippen LogP contribution in [0.2, 0.25) is 0 Å². The molecule has 0 aromatic carbocycles. The first-order valence-corrected chi connectivity index (χ1v) is 5.25. The van der Waals surface area contributed by atoms with E-state index in [-0.39, 0.29) is 5.41 Å². The maximum Gasteiger partial charge on any atom is 0.0104 e. The van der Waals surface area contributed by atoms with Gasteiger partial charge in [0.05, 0.1) is 0 Å². The van der Waals surface area contributed by atoms with Crippen LogP contribution in [0.15, 0.2) is 36.0 Å². The zero-order valence-corrected chi connectivity index (χ0v) is 9.51. The van der Waals surface area contributed by atoms with Gasteiger partial charge in [-0.15, -0.1) is 0 Å². The molecule has 78 valence electrons. The van der Waals surface area contributed by atoms with Gasteiger partial charge in [-0.1, -0.05) is 37.3 Å². The van der Waals surface area contributed by atoms with Gasteiger partial charge in [0.25, 0.3) is 0 Å². The molecule has 14 heavy (non-hydrogen) atoms. The summed E-state index contributed by atoms with van der Waals surface area (Å²) in [7, 11) is 0. The van der Waals surface area contributed by atoms with E-state index >= 15 is 0 Å². The van der Waals surface area contributed by atoms with Gasteiger partial charge >= 0.3 is 0 Å². The summed E-state index contributed by atoms with van der Waals surface area (Å²) >= 11 is 0. The molecule has 0 aromatic rings. The van der Waals surface area contributed by atoms with Gasteiger partial charge in [-0.25, -0.2) is 0 Å². The first kappa shape index (κ1) is 11.3. The molecule has 0 heterocycles. The van der Waals surface area contributed by atoms with E-state index in [1.54, 1.807) is 0 Å². The largest absolute Gasteiger partial charge is 0.330 e. The van der Waals surface area contributed by atoms with E-state index in [9.17, 15) is 0 Å². The molecule has 1 fully saturated rings. The first-order valence-electron chi connectivity index (χ1n) is 5.25. The Hall–Kier alpha value is -0.820. The van der Waals surface area contributed by atoms with E-state index in [1.165, 1.54) is 17.6 Å². The number of rotatable bonds is 4. The molecule has 2 unspecified atom stereocenters. The summed E-state index contributed by atoms with van der Waals surface area (Å²) in [5.74, 6) is 0.710. The van der Waals surface area contributed by atoms with E-state index in [0.717, 1.165) is 6.54 Å². The molecule has 1 nitrogen and oxygen atoms in total. The van der Waals surface area contributed by atoms with Crippen LogP contribution in [0, 0.1) is 11.3 Å². The Morgan fingerprint density at radius 2 is 2.07 bits per heavy atom. The molecule has 0 bridgehead atoms. The highest BCUT2D eigenvalue weighted by Crippen LogP contribution is 2.56. The van der Waals surface area contributed by atoms with Crippen molar-refractivity contribution in [2.24, 2.45) is 17.1 Å². The fraction of sp³-hybridized carbons (Fsp3) is 0.538. The van der Waals surface area contributed by atoms with Crippen molar-refractivity contribution in [1.82, 2.24) is 0 Å². The quantitative estimate of drug-likeness (QED) is 0.679. The van der Waals surface area contributed by atoms with E-state index in [1.807, 2.05) is 6.08 Å². The highest BCUT2D eigenvalue weighted by atomic mass is 14.7. The van der Waals surface area contributed by atoms with E-state index in [4.69, 9.17) is 5.73 Å². The van der Waals surface area contributed by atoms with Crippen LogP contribution in [-0.2, 0) is 0 Å². The molecule has 2 N–H and O–H groups in total. The predicted molar refractivity (Wildman–Crippen MR) is 63.0 cm³/mol. The highest BCUT2D eigenvalue weighted by Gasteiger charge is 2.51. The average molecular weight is 191 g/mol. The average Bonchev–Trinajstić information content (AvgIpc) is 2.79. The van der Waals surface area contributed by atoms with Crippen molar-refractivity contribution in [1.29, 1.82) is 0 Å². The third kappa shape index (κ3) is 1.98. The van der Waals surface area contributed by atoms with Crippen LogP contribution in [0.4, 0.5) is 0 Å². The Morgan fingerprint density at radius 1 is 1.50 bits per heavy atom. The van der Waals surface area contributed by atoms with E-state index in [0.29, 0.717) is 5.92 Å². The number of nitrogens with two attached hydrogens (primary N) is 1. The third-order valence-corrected chi connectivity index (χ3v) is 3.21. The second-order valence-corrected chi connectivity index (χ2v) is 4.54. The van der Waals surface area contributed by atoms with Crippen molar-refractivity contribution >= 4 is 0 Å². The van der Waals surface area contributed by atoms with Crippen molar-refractivity contribution < 1.29 is 0 Å². The molecule has 0 aromatic heterocycles. The van der Waals surface area contributed by atoms with Gasteiger partial charge in [-0.2, -0.15) is 0 Å². The monoisotopic (exact) mass is 191 g/mol. The zero-order valence-electron chi connectivity index (χ0n) is 9.51. The third-order valence-electron chi connectivity index (χ3n) is 3.21. The van der Waals surface area contributed by atoms with Crippen LogP contribution in [0.1, 0.15) is 27.2 Å². The van der Waals surface area contributed by atoms with Gasteiger partial charge in [-0.05, 0) is 31.8 Å². The molecule has 0 aliphatic heterocycles. The molecular formula is C13H21N. The maximum absolute atomic E-state index is 5.83. The van der Waals surface area contributed by atoms with Gasteiger partial charge < -0.3 is 5.73 Å². The number of allylic oxidation sites excluding steroid dienone is 4. The van der Waals surface area contributed by atoms with Crippen LogP contribution in [0.5, 0.6) is 0 Å². The fourth-order valence-corrected chi connectivity index (χ4v) is 1.99. The molecule has 0 spiro atoms. The van der Waals surface area contributed by atoms with Crippen LogP contribution in [-0.4, -0.2) is 6.54 Å². The Morgan fingerprint density at radius 3 is 2.36 bits per heavy atom. The lowest BCUT2D eigenvalue weighted by molar-refractivity contribution is 0.579. The molecular weight excluding hydrogens is 170 g/mol. The maximum atomic E-state index is 5.83. The standard InChI is InChI=1S/C13H21N/c1-5-12(7-6-10(2)3)13(9-14)8-11(13)4/h5-7,11H,1,8-9,14H2,2-4H3/b12-7+. The second-order valence-electron chi connectivity index (χ2n) is 4.54. The van der Waals surface area contributed by atoms with Crippen molar-refractivity contribution in [3.05, 3.63) is 36.0 Å². The van der Waals surface area contributed by atoms with Gasteiger partial charge in [0, 0.05) is 12.0 Å². The topological polar surface area (TPSA) is 26.0 Å². The van der Waals surface area contributed by atoms with Crippen molar-refractivity contribution in [3.63, 3.8) is 0 Å². The van der Waals surface area contributed by atoms with E-state index in [2.05, 4.69) is 39.5 Å². The minimum atomic E-state index is 0.230. The normalized spacial score (nSPS) is 31.1. The summed E-state index contributed by atoms with van der Waals surface area (Å²) in [6.45, 7) is 11.1. The summed E-state index contributed by atoms with van der Waals surface area (Å²) < 4.78 is 0. The Bertz CT molecular complexity index is 278. The summed E-state index contributed by atoms with van der Waals surface area (Å²) in [4.78, 5) is 0. The highest BCUT2D eigenvalue weighted by molar-refractivity contribution is 5.36. The summed E-state index contributed by atoms with van der Waals surface area (Å²) in [6.07, 6.45) is 7.46. The fourth-order valence-electron chi connectivity index (χ4n) is 1.99. The Balaban J connectivity index is 2.87. The van der Waals surface area contributed by atoms with E-state index < -0.39 is 0 Å². The smallest absolute Gasteiger partial charge is 0.0104 e. The van der Waals surface area contributed by atoms with Crippen LogP contribution < -0.4 is 5.73 Å². The molecule has 1 aliphatic carbocycles. The minimum Gasteiger partial charge on any atom is -0.330 e. The van der Waals surface area contributed by atoms with Gasteiger partial charge in [0.2, 0.25) is 0 Å². The summed E-state index contributed by atoms with van der Waals surface area (Å²) in [6, 6.07) is 0. The van der Waals surface area contributed by atoms with Gasteiger partial charge in [0.1, 0.15) is 0 Å². The van der Waals surface area contributed by atoms with Crippen molar-refractivity contribution in [2.45, 2.75) is 27.2 Å². The molecule has 1 aliphatic rings. The molecule has 0 saturated heterocycles. The predicted octanol–water partition coefficient (Wildman–Crippen LogP) is 3.05. The molecule has 0 radical (unpaired) electrons. The molecule has 2 atom stereocenters. The molecule has 1 rings (SSSR count). The SMILES string of the molecule is C=C/C(=C\C=C(C)C)C1(CN)CC1C. The number of hydrogen-bond donors (Lipinski definition) is 1. The van der Waals surface area contributed by atoms with Crippen LogP contribution in [0.3, 0.4) is 0 Å². The van der Waals surface area contributed by atoms with Gasteiger partial charge in [0.15, 0.2) is 0 Å². The van der Waals surface area contributed by atoms with Crippen LogP contribution in [0.25, 0.3) is 0 Å². The Labute approximate surface area is 87.4 Å². The lowest BCUT2D eigenvalue weighted by Crippen LogP contribution is -2.19. The summed E-state index contributed by atoms with van der Waals surface area (Å²) in [5.41, 5.74) is 8.67. The zero-order chi connectivity index (χ0) is 10.8. The van der Waals surface area contributed by atoms with Crippen molar-refractivity contribution in [2.75, 3.05) is 6.54 Å². The Kier molecular flexibility index (Phi) is 3.33. The molecule has 0 amide bonds. The van der Waals surface area contributed by atoms with Gasteiger partial charge in [-0.3, -0.25) is 0 Å². The lowest BCUT2D eigenvalue weighted by atomic mass is 9.92. The summed E-state index contributed by atoms with van der Waals surface area (Å²) in [5, 5.41) is 0. The molecule has 1 heteroatoms. The lowest BCUT2D eigenvalue weighted by Gasteiger charge is -2.15. The molecule has 1 saturated carbocycles. The van der Waals surface area contributed by atoms with Crippen molar-refractivity contribution in [3.8, 4) is 0 Å². The number of hydrogen-bond acceptors (Lipinski definition) is 1. The second kappa shape index (κ2) is 4.14.